The number of aryl methyl sites for hydroxylation is 2. The van der Waals surface area contributed by atoms with Crippen LogP contribution in [0.15, 0.2) is 98.4 Å². The number of rotatable bonds is 14. The van der Waals surface area contributed by atoms with Crippen LogP contribution in [0.4, 0.5) is 21.9 Å². The van der Waals surface area contributed by atoms with Crippen molar-refractivity contribution in [3.05, 3.63) is 120 Å². The number of carbonyl (C=O) groups excluding carboxylic acids is 4. The van der Waals surface area contributed by atoms with E-state index in [0.29, 0.717) is 86.0 Å². The van der Waals surface area contributed by atoms with Crippen LogP contribution >= 0.6 is 34.3 Å². The maximum Gasteiger partial charge on any atom is 0.257 e. The summed E-state index contributed by atoms with van der Waals surface area (Å²) in [6.07, 6.45) is 13.6. The van der Waals surface area contributed by atoms with Crippen LogP contribution < -0.4 is 30.7 Å². The first-order valence-electron chi connectivity index (χ1n) is 23.1. The Morgan fingerprint density at radius 2 is 1.12 bits per heavy atom. The monoisotopic (exact) mass is 1040 g/mol. The first kappa shape index (κ1) is 51.2. The highest BCUT2D eigenvalue weighted by Gasteiger charge is 2.25. The number of carbonyl (C=O) groups is 4. The Morgan fingerprint density at radius 1 is 0.658 bits per heavy atom. The number of nitrogens with zero attached hydrogens (tertiary/aromatic N) is 9. The number of allylic oxidation sites excluding steroid dienone is 1. The van der Waals surface area contributed by atoms with E-state index in [9.17, 15) is 19.2 Å². The van der Waals surface area contributed by atoms with Crippen molar-refractivity contribution in [2.45, 2.75) is 70.9 Å². The molecule has 21 nitrogen and oxygen atoms in total. The summed E-state index contributed by atoms with van der Waals surface area (Å²) < 4.78 is 12.3. The minimum absolute atomic E-state index is 0.0387. The molecule has 0 radical (unpaired) electrons. The standard InChI is InChI=1S/C24H24N8O3S.C22H23N7O2S.C3H3ClO/c1-3-19(33)32-12-4-5-16(13-32)26-22-20-18(10-11-25-21(20)29-30-22)35-17-8-6-15(7-9-17)23(34)27-24-31-28-14(2)36-24;1-13-26-29-22(32-13)25-21(30)14-7-9-16(10-8-14)31-17-11-12-23-19-18(17)20(28-27-19)24-15-5-3-2-4-6-15;1-2-3(4)5/h3,6-11,16H,1,4-5,12-13H2,2H3,(H,27,31,34)(H2,25,26,29,30);7-12,15H,2-6H2,1H3,(H,25,29,30)(H2,23,24,27,28);2H,1H2/t16-;;/m1../s1. The molecule has 0 bridgehead atoms. The molecule has 1 saturated heterocycles. The van der Waals surface area contributed by atoms with Crippen LogP contribution in [0.2, 0.25) is 0 Å². The van der Waals surface area contributed by atoms with E-state index in [0.717, 1.165) is 53.0 Å². The van der Waals surface area contributed by atoms with Crippen molar-refractivity contribution in [2.24, 2.45) is 0 Å². The molecule has 10 rings (SSSR count). The molecule has 7 heterocycles. The van der Waals surface area contributed by atoms with Gasteiger partial charge < -0.3 is 25.0 Å². The molecule has 1 atom stereocenters. The van der Waals surface area contributed by atoms with Gasteiger partial charge in [-0.3, -0.25) is 40.0 Å². The Bertz CT molecular complexity index is 3220. The third-order valence-corrected chi connectivity index (χ3v) is 13.0. The largest absolute Gasteiger partial charge is 0.456 e. The number of ether oxygens (including phenoxy) is 2. The number of benzene rings is 2. The van der Waals surface area contributed by atoms with Crippen LogP contribution in [-0.4, -0.2) is 104 Å². The van der Waals surface area contributed by atoms with Gasteiger partial charge in [0.1, 0.15) is 43.8 Å². The fourth-order valence-corrected chi connectivity index (χ4v) is 9.09. The van der Waals surface area contributed by atoms with Gasteiger partial charge in [-0.25, -0.2) is 9.97 Å². The number of aromatic amines is 2. The second-order valence-corrected chi connectivity index (χ2v) is 19.3. The van der Waals surface area contributed by atoms with Crippen molar-refractivity contribution in [3.8, 4) is 23.0 Å². The van der Waals surface area contributed by atoms with Gasteiger partial charge in [-0.05, 0) is 112 Å². The smallest absolute Gasteiger partial charge is 0.257 e. The SMILES string of the molecule is C=CC(=O)Cl.C=CC(=O)N1CCC[C@@H](Nc2n[nH]c3nccc(Oc4ccc(C(=O)Nc5nnc(C)s5)cc4)c23)C1.Cc1nnc(NC(=O)c2ccc(Oc3ccnc4[nH]nc(NC5CCCCC5)c34)cc2)s1. The second-order valence-electron chi connectivity index (χ2n) is 16.6. The van der Waals surface area contributed by atoms with E-state index in [1.807, 2.05) is 19.9 Å². The summed E-state index contributed by atoms with van der Waals surface area (Å²) in [5.41, 5.74) is 2.22. The average molecular weight is 1040 g/mol. The van der Waals surface area contributed by atoms with Crippen molar-refractivity contribution in [3.63, 3.8) is 0 Å². The third-order valence-electron chi connectivity index (χ3n) is 11.4. The number of piperidine rings is 1. The van der Waals surface area contributed by atoms with Crippen LogP contribution in [0.3, 0.4) is 0 Å². The molecule has 0 unspecified atom stereocenters. The van der Waals surface area contributed by atoms with Crippen LogP contribution in [0.25, 0.3) is 22.1 Å². The first-order valence-corrected chi connectivity index (χ1v) is 25.1. The number of H-pyrrole nitrogens is 2. The van der Waals surface area contributed by atoms with E-state index in [1.54, 1.807) is 71.9 Å². The number of pyridine rings is 2. The lowest BCUT2D eigenvalue weighted by Crippen LogP contribution is -2.44. The van der Waals surface area contributed by atoms with Gasteiger partial charge >= 0.3 is 0 Å². The Morgan fingerprint density at radius 3 is 1.56 bits per heavy atom. The molecular weight excluding hydrogens is 994 g/mol. The van der Waals surface area contributed by atoms with Crippen molar-refractivity contribution < 1.29 is 28.7 Å². The summed E-state index contributed by atoms with van der Waals surface area (Å²) in [5, 5.41) is 46.4. The summed E-state index contributed by atoms with van der Waals surface area (Å²) in [6.45, 7) is 11.6. The first-order chi connectivity index (χ1) is 35.4. The van der Waals surface area contributed by atoms with E-state index in [4.69, 9.17) is 21.1 Å². The van der Waals surface area contributed by atoms with E-state index in [1.165, 1.54) is 48.0 Å². The number of hydrogen-bond acceptors (Lipinski definition) is 18. The average Bonchev–Trinajstić information content (AvgIpc) is 4.23. The highest BCUT2D eigenvalue weighted by molar-refractivity contribution is 7.15. The maximum absolute atomic E-state index is 12.5. The lowest BCUT2D eigenvalue weighted by molar-refractivity contribution is -0.127. The molecule has 1 saturated carbocycles. The molecule has 0 spiro atoms. The predicted octanol–water partition coefficient (Wildman–Crippen LogP) is 9.60. The van der Waals surface area contributed by atoms with Crippen molar-refractivity contribution in [1.82, 2.24) is 55.7 Å². The third kappa shape index (κ3) is 13.6. The number of halogens is 1. The number of nitrogens with one attached hydrogen (secondary N) is 6. The lowest BCUT2D eigenvalue weighted by Gasteiger charge is -2.32. The zero-order valence-electron chi connectivity index (χ0n) is 39.7. The molecule has 6 N–H and O–H groups in total. The zero-order valence-corrected chi connectivity index (χ0v) is 42.1. The van der Waals surface area contributed by atoms with Gasteiger partial charge in [-0.1, -0.05) is 55.1 Å². The quantitative estimate of drug-likeness (QED) is 0.0437. The molecule has 73 heavy (non-hydrogen) atoms. The Kier molecular flexibility index (Phi) is 17.1. The van der Waals surface area contributed by atoms with Crippen LogP contribution in [0.5, 0.6) is 23.0 Å². The molecule has 2 fully saturated rings. The normalized spacial score (nSPS) is 14.4. The van der Waals surface area contributed by atoms with Gasteiger partial charge in [0.2, 0.25) is 21.4 Å². The van der Waals surface area contributed by atoms with E-state index in [2.05, 4.69) is 85.2 Å². The zero-order chi connectivity index (χ0) is 51.3. The molecule has 2 aliphatic rings. The molecule has 24 heteroatoms. The fourth-order valence-electron chi connectivity index (χ4n) is 7.92. The summed E-state index contributed by atoms with van der Waals surface area (Å²) in [5.74, 6) is 3.16. The molecule has 376 valence electrons. The van der Waals surface area contributed by atoms with Crippen molar-refractivity contribution in [1.29, 1.82) is 0 Å². The lowest BCUT2D eigenvalue weighted by atomic mass is 9.95. The maximum atomic E-state index is 12.5. The number of likely N-dealkylation sites (tertiary alicyclic amines) is 1. The summed E-state index contributed by atoms with van der Waals surface area (Å²) >= 11 is 7.35. The second kappa shape index (κ2) is 24.3. The van der Waals surface area contributed by atoms with E-state index < -0.39 is 5.24 Å². The number of amides is 3. The summed E-state index contributed by atoms with van der Waals surface area (Å²) in [6, 6.07) is 17.8. The molecule has 2 aromatic carbocycles. The Balaban J connectivity index is 0.000000179. The predicted molar refractivity (Wildman–Crippen MR) is 281 cm³/mol. The minimum Gasteiger partial charge on any atom is -0.456 e. The van der Waals surface area contributed by atoms with Crippen LogP contribution in [-0.2, 0) is 9.59 Å². The summed E-state index contributed by atoms with van der Waals surface area (Å²) in [4.78, 5) is 56.9. The van der Waals surface area contributed by atoms with Crippen LogP contribution in [0.1, 0.15) is 75.7 Å². The molecule has 8 aromatic rings. The van der Waals surface area contributed by atoms with Gasteiger partial charge in [0.05, 0.1) is 0 Å². The Hall–Kier alpha value is -8.15. The minimum atomic E-state index is -0.509. The molecule has 6 aromatic heterocycles. The molecule has 1 aliphatic heterocycles. The topological polar surface area (TPSA) is 273 Å². The van der Waals surface area contributed by atoms with E-state index >= 15 is 0 Å². The molecule has 3 amide bonds. The van der Waals surface area contributed by atoms with Crippen molar-refractivity contribution in [2.75, 3.05) is 34.4 Å². The molecular formula is C49H50ClN15O6S2. The van der Waals surface area contributed by atoms with Crippen LogP contribution in [0, 0.1) is 13.8 Å². The van der Waals surface area contributed by atoms with Gasteiger partial charge in [-0.2, -0.15) is 10.2 Å². The number of anilines is 4. The summed E-state index contributed by atoms with van der Waals surface area (Å²) in [7, 11) is 0. The number of hydrogen-bond donors (Lipinski definition) is 6. The fraction of sp³-hybridized carbons (Fsp3) is 0.265. The number of aromatic nitrogens is 10. The van der Waals surface area contributed by atoms with Gasteiger partial charge in [0.15, 0.2) is 22.9 Å². The Labute approximate surface area is 431 Å². The number of fused-ring (bicyclic) bond motifs is 2. The van der Waals surface area contributed by atoms with Crippen molar-refractivity contribution >= 4 is 101 Å². The molecule has 1 aliphatic carbocycles. The highest BCUT2D eigenvalue weighted by atomic mass is 35.5. The van der Waals surface area contributed by atoms with Gasteiger partial charge in [0, 0.05) is 60.8 Å². The van der Waals surface area contributed by atoms with Gasteiger partial charge in [0.25, 0.3) is 11.8 Å². The highest BCUT2D eigenvalue weighted by Crippen LogP contribution is 2.36. The van der Waals surface area contributed by atoms with E-state index in [-0.39, 0.29) is 23.8 Å². The van der Waals surface area contributed by atoms with Gasteiger partial charge in [-0.15, -0.1) is 20.4 Å².